The van der Waals surface area contributed by atoms with Crippen molar-refractivity contribution in [1.82, 2.24) is 0 Å². The van der Waals surface area contributed by atoms with Crippen molar-refractivity contribution in [2.45, 2.75) is 13.8 Å². The summed E-state index contributed by atoms with van der Waals surface area (Å²) in [5, 5.41) is 17.1. The third-order valence-electron chi connectivity index (χ3n) is 2.34. The SMILES string of the molecule is COC(=O)c1cc(F)cc(/C(C(C)=N)=C(\C)O)c1. The van der Waals surface area contributed by atoms with Crippen LogP contribution in [0.1, 0.15) is 29.8 Å². The molecule has 0 heterocycles. The summed E-state index contributed by atoms with van der Waals surface area (Å²) >= 11 is 0. The lowest BCUT2D eigenvalue weighted by Gasteiger charge is -2.09. The molecule has 1 aromatic rings. The Morgan fingerprint density at radius 3 is 2.28 bits per heavy atom. The molecule has 0 unspecified atom stereocenters. The first-order valence-electron chi connectivity index (χ1n) is 5.21. The van der Waals surface area contributed by atoms with E-state index in [1.807, 2.05) is 0 Å². The second kappa shape index (κ2) is 5.44. The van der Waals surface area contributed by atoms with E-state index in [9.17, 15) is 14.3 Å². The molecule has 0 spiro atoms. The van der Waals surface area contributed by atoms with E-state index in [0.717, 1.165) is 12.1 Å². The summed E-state index contributed by atoms with van der Waals surface area (Å²) in [6.45, 7) is 2.87. The molecule has 1 aromatic carbocycles. The first-order chi connectivity index (χ1) is 8.36. The van der Waals surface area contributed by atoms with E-state index >= 15 is 0 Å². The van der Waals surface area contributed by atoms with Crippen molar-refractivity contribution in [3.8, 4) is 0 Å². The predicted octanol–water partition coefficient (Wildman–Crippen LogP) is 2.94. The van der Waals surface area contributed by atoms with E-state index in [-0.39, 0.29) is 28.2 Å². The van der Waals surface area contributed by atoms with Gasteiger partial charge in [0.2, 0.25) is 0 Å². The van der Waals surface area contributed by atoms with E-state index in [0.29, 0.717) is 0 Å². The molecule has 0 aliphatic rings. The van der Waals surface area contributed by atoms with Gasteiger partial charge in [0.15, 0.2) is 0 Å². The van der Waals surface area contributed by atoms with E-state index in [1.165, 1.54) is 27.0 Å². The first-order valence-corrected chi connectivity index (χ1v) is 5.21. The maximum Gasteiger partial charge on any atom is 0.337 e. The fourth-order valence-electron chi connectivity index (χ4n) is 1.67. The van der Waals surface area contributed by atoms with E-state index in [1.54, 1.807) is 0 Å². The van der Waals surface area contributed by atoms with Crippen LogP contribution in [-0.4, -0.2) is 23.9 Å². The summed E-state index contributed by atoms with van der Waals surface area (Å²) in [5.74, 6) is -1.41. The van der Waals surface area contributed by atoms with Crippen LogP contribution >= 0.6 is 0 Å². The van der Waals surface area contributed by atoms with Crippen molar-refractivity contribution >= 4 is 17.3 Å². The summed E-state index contributed by atoms with van der Waals surface area (Å²) in [5.41, 5.74) is 0.575. The van der Waals surface area contributed by atoms with Crippen LogP contribution in [-0.2, 0) is 4.74 Å². The van der Waals surface area contributed by atoms with E-state index < -0.39 is 11.8 Å². The number of nitrogens with one attached hydrogen (secondary N) is 1. The Hall–Kier alpha value is -2.17. The Morgan fingerprint density at radius 1 is 1.28 bits per heavy atom. The number of esters is 1. The van der Waals surface area contributed by atoms with Crippen molar-refractivity contribution in [1.29, 1.82) is 5.41 Å². The first kappa shape index (κ1) is 13.9. The second-order valence-electron chi connectivity index (χ2n) is 3.81. The number of methoxy groups -OCH3 is 1. The van der Waals surface area contributed by atoms with Gasteiger partial charge in [-0.3, -0.25) is 0 Å². The van der Waals surface area contributed by atoms with Crippen LogP contribution in [0.5, 0.6) is 0 Å². The number of benzene rings is 1. The van der Waals surface area contributed by atoms with Gasteiger partial charge in [-0.1, -0.05) is 0 Å². The molecule has 96 valence electrons. The van der Waals surface area contributed by atoms with Crippen LogP contribution in [0, 0.1) is 11.2 Å². The fraction of sp³-hybridized carbons (Fsp3) is 0.231. The molecular formula is C13H14FNO3. The lowest BCUT2D eigenvalue weighted by Crippen LogP contribution is -2.05. The topological polar surface area (TPSA) is 70.4 Å². The third-order valence-corrected chi connectivity index (χ3v) is 2.34. The highest BCUT2D eigenvalue weighted by Gasteiger charge is 2.14. The van der Waals surface area contributed by atoms with Gasteiger partial charge >= 0.3 is 5.97 Å². The lowest BCUT2D eigenvalue weighted by molar-refractivity contribution is 0.0600. The van der Waals surface area contributed by atoms with Gasteiger partial charge in [0.05, 0.1) is 18.4 Å². The van der Waals surface area contributed by atoms with Crippen LogP contribution < -0.4 is 0 Å². The highest BCUT2D eigenvalue weighted by molar-refractivity contribution is 6.21. The smallest absolute Gasteiger partial charge is 0.337 e. The third kappa shape index (κ3) is 2.94. The number of rotatable bonds is 3. The van der Waals surface area contributed by atoms with Crippen LogP contribution in [0.2, 0.25) is 0 Å². The minimum atomic E-state index is -0.673. The number of hydrogen-bond acceptors (Lipinski definition) is 4. The number of aliphatic hydroxyl groups excluding tert-OH is 1. The Morgan fingerprint density at radius 2 is 1.83 bits per heavy atom. The van der Waals surface area contributed by atoms with E-state index in [2.05, 4.69) is 4.74 Å². The molecule has 18 heavy (non-hydrogen) atoms. The summed E-state index contributed by atoms with van der Waals surface area (Å²) < 4.78 is 17.9. The summed E-state index contributed by atoms with van der Waals surface area (Å²) in [6, 6.07) is 3.57. The average Bonchev–Trinajstić information content (AvgIpc) is 2.26. The highest BCUT2D eigenvalue weighted by Crippen LogP contribution is 2.22. The van der Waals surface area contributed by atoms with Gasteiger partial charge < -0.3 is 15.3 Å². The molecule has 4 nitrogen and oxygen atoms in total. The Bertz CT molecular complexity index is 531. The number of carbonyl (C=O) groups is 1. The summed E-state index contributed by atoms with van der Waals surface area (Å²) in [7, 11) is 1.20. The Labute approximate surface area is 104 Å². The molecule has 0 saturated carbocycles. The Balaban J connectivity index is 3.42. The average molecular weight is 251 g/mol. The highest BCUT2D eigenvalue weighted by atomic mass is 19.1. The number of allylic oxidation sites excluding steroid dienone is 2. The largest absolute Gasteiger partial charge is 0.512 e. The monoisotopic (exact) mass is 251 g/mol. The van der Waals surface area contributed by atoms with Gasteiger partial charge in [-0.2, -0.15) is 0 Å². The molecule has 0 radical (unpaired) electrons. The molecule has 1 rings (SSSR count). The normalized spacial score (nSPS) is 11.8. The number of halogens is 1. The molecule has 5 heteroatoms. The molecule has 0 aromatic heterocycles. The van der Waals surface area contributed by atoms with Crippen LogP contribution in [0.15, 0.2) is 24.0 Å². The standard InChI is InChI=1S/C13H14FNO3/c1-7(15)12(8(2)16)9-4-10(13(17)18-3)6-11(14)5-9/h4-6,15-16H,1-3H3/b12-8+,15-7?. The number of hydrogen-bond donors (Lipinski definition) is 2. The zero-order valence-electron chi connectivity index (χ0n) is 10.4. The van der Waals surface area contributed by atoms with Crippen molar-refractivity contribution in [3.63, 3.8) is 0 Å². The maximum absolute atomic E-state index is 13.4. The minimum absolute atomic E-state index is 0.0347. The van der Waals surface area contributed by atoms with Crippen LogP contribution in [0.4, 0.5) is 4.39 Å². The predicted molar refractivity (Wildman–Crippen MR) is 66.4 cm³/mol. The van der Waals surface area contributed by atoms with Crippen LogP contribution in [0.25, 0.3) is 5.57 Å². The molecule has 0 amide bonds. The maximum atomic E-state index is 13.4. The number of carbonyl (C=O) groups excluding carboxylic acids is 1. The number of aliphatic hydroxyl groups is 1. The molecule has 2 N–H and O–H groups in total. The summed E-state index contributed by atoms with van der Waals surface area (Å²) in [4.78, 5) is 11.4. The van der Waals surface area contributed by atoms with Gasteiger partial charge in [-0.05, 0) is 37.6 Å². The fourth-order valence-corrected chi connectivity index (χ4v) is 1.67. The molecule has 0 aliphatic heterocycles. The second-order valence-corrected chi connectivity index (χ2v) is 3.81. The van der Waals surface area contributed by atoms with Crippen LogP contribution in [0.3, 0.4) is 0 Å². The zero-order chi connectivity index (χ0) is 13.9. The van der Waals surface area contributed by atoms with Crippen molar-refractivity contribution in [3.05, 3.63) is 40.9 Å². The van der Waals surface area contributed by atoms with Gasteiger partial charge in [-0.15, -0.1) is 0 Å². The lowest BCUT2D eigenvalue weighted by atomic mass is 9.98. The molecular weight excluding hydrogens is 237 g/mol. The van der Waals surface area contributed by atoms with Crippen molar-refractivity contribution < 1.29 is 19.0 Å². The summed E-state index contributed by atoms with van der Waals surface area (Å²) in [6.07, 6.45) is 0. The zero-order valence-corrected chi connectivity index (χ0v) is 10.4. The van der Waals surface area contributed by atoms with Crippen molar-refractivity contribution in [2.75, 3.05) is 7.11 Å². The number of ether oxygens (including phenoxy) is 1. The van der Waals surface area contributed by atoms with Crippen molar-refractivity contribution in [2.24, 2.45) is 0 Å². The Kier molecular flexibility index (Phi) is 4.20. The van der Waals surface area contributed by atoms with Gasteiger partial charge in [-0.25, -0.2) is 9.18 Å². The molecule has 0 bridgehead atoms. The van der Waals surface area contributed by atoms with E-state index in [4.69, 9.17) is 5.41 Å². The molecule has 0 atom stereocenters. The molecule has 0 fully saturated rings. The minimum Gasteiger partial charge on any atom is -0.512 e. The molecule has 0 saturated heterocycles. The van der Waals surface area contributed by atoms with Gasteiger partial charge in [0, 0.05) is 11.3 Å². The van der Waals surface area contributed by atoms with Gasteiger partial charge in [0.1, 0.15) is 5.82 Å². The van der Waals surface area contributed by atoms with Gasteiger partial charge in [0.25, 0.3) is 0 Å². The molecule has 0 aliphatic carbocycles. The quantitative estimate of drug-likeness (QED) is 0.493.